The summed E-state index contributed by atoms with van der Waals surface area (Å²) >= 11 is 0. The molecular weight excluding hydrogens is 247 g/mol. The van der Waals surface area contributed by atoms with Gasteiger partial charge in [0.15, 0.2) is 0 Å². The van der Waals surface area contributed by atoms with Gasteiger partial charge in [0.2, 0.25) is 0 Å². The molecule has 1 rings (SSSR count). The van der Waals surface area contributed by atoms with Crippen LogP contribution in [0.5, 0.6) is 0 Å². The Morgan fingerprint density at radius 1 is 1.33 bits per heavy atom. The molecule has 3 nitrogen and oxygen atoms in total. The fourth-order valence-corrected chi connectivity index (χ4v) is 1.31. The minimum atomic E-state index is -4.40. The molecule has 1 amide bonds. The topological polar surface area (TPSA) is 49.3 Å². The molecule has 18 heavy (non-hydrogen) atoms. The van der Waals surface area contributed by atoms with Crippen LogP contribution in [0.3, 0.4) is 0 Å². The smallest absolute Gasteiger partial charge is 0.393 e. The molecule has 0 bridgehead atoms. The molecule has 0 radical (unpaired) electrons. The van der Waals surface area contributed by atoms with E-state index < -0.39 is 23.8 Å². The number of amides is 1. The maximum absolute atomic E-state index is 12.3. The summed E-state index contributed by atoms with van der Waals surface area (Å²) in [4.78, 5) is 11.5. The summed E-state index contributed by atoms with van der Waals surface area (Å²) in [5.74, 6) is -0.454. The van der Waals surface area contributed by atoms with Gasteiger partial charge < -0.3 is 10.4 Å². The largest absolute Gasteiger partial charge is 0.416 e. The molecule has 1 aromatic carbocycles. The standard InChI is InChI=1S/C12H14F3NO2/c1-8(17)6-7-16-11(18)9-2-4-10(5-3-9)12(13,14)15/h2-5,8,17H,6-7H2,1H3,(H,16,18). The minimum Gasteiger partial charge on any atom is -0.393 e. The lowest BCUT2D eigenvalue weighted by Gasteiger charge is -2.09. The first-order valence-electron chi connectivity index (χ1n) is 5.44. The number of hydrogen-bond acceptors (Lipinski definition) is 2. The molecule has 0 saturated heterocycles. The van der Waals surface area contributed by atoms with Crippen molar-refractivity contribution in [2.24, 2.45) is 0 Å². The molecule has 1 atom stereocenters. The lowest BCUT2D eigenvalue weighted by molar-refractivity contribution is -0.137. The summed E-state index contributed by atoms with van der Waals surface area (Å²) in [5.41, 5.74) is -0.628. The molecule has 0 saturated carbocycles. The zero-order valence-electron chi connectivity index (χ0n) is 9.79. The molecule has 1 aromatic rings. The molecule has 2 N–H and O–H groups in total. The van der Waals surface area contributed by atoms with Crippen molar-refractivity contribution >= 4 is 5.91 Å². The Morgan fingerprint density at radius 2 is 1.89 bits per heavy atom. The number of halogens is 3. The molecule has 100 valence electrons. The van der Waals surface area contributed by atoms with E-state index in [0.717, 1.165) is 24.3 Å². The van der Waals surface area contributed by atoms with Crippen molar-refractivity contribution in [2.75, 3.05) is 6.54 Å². The summed E-state index contributed by atoms with van der Waals surface area (Å²) in [5, 5.41) is 11.5. The summed E-state index contributed by atoms with van der Waals surface area (Å²) in [6.45, 7) is 1.86. The van der Waals surface area contributed by atoms with Crippen molar-refractivity contribution in [3.63, 3.8) is 0 Å². The third-order valence-corrected chi connectivity index (χ3v) is 2.32. The second-order valence-electron chi connectivity index (χ2n) is 3.97. The fraction of sp³-hybridized carbons (Fsp3) is 0.417. The van der Waals surface area contributed by atoms with Crippen LogP contribution in [-0.2, 0) is 6.18 Å². The van der Waals surface area contributed by atoms with E-state index in [0.29, 0.717) is 6.42 Å². The number of aliphatic hydroxyl groups excluding tert-OH is 1. The highest BCUT2D eigenvalue weighted by Gasteiger charge is 2.30. The maximum Gasteiger partial charge on any atom is 0.416 e. The third kappa shape index (κ3) is 4.37. The molecule has 0 aromatic heterocycles. The maximum atomic E-state index is 12.3. The van der Waals surface area contributed by atoms with E-state index >= 15 is 0 Å². The Kier molecular flexibility index (Phi) is 4.72. The van der Waals surface area contributed by atoms with Crippen LogP contribution in [-0.4, -0.2) is 23.7 Å². The number of rotatable bonds is 4. The SMILES string of the molecule is CC(O)CCNC(=O)c1ccc(C(F)(F)F)cc1. The molecular formula is C12H14F3NO2. The van der Waals surface area contributed by atoms with Crippen LogP contribution in [0.1, 0.15) is 29.3 Å². The van der Waals surface area contributed by atoms with Gasteiger partial charge in [-0.15, -0.1) is 0 Å². The Balaban J connectivity index is 2.60. The number of alkyl halides is 3. The third-order valence-electron chi connectivity index (χ3n) is 2.32. The number of carbonyl (C=O) groups excluding carboxylic acids is 1. The summed E-state index contributed by atoms with van der Waals surface area (Å²) in [7, 11) is 0. The Morgan fingerprint density at radius 3 is 2.33 bits per heavy atom. The number of hydrogen-bond donors (Lipinski definition) is 2. The van der Waals surface area contributed by atoms with Crippen LogP contribution in [0.15, 0.2) is 24.3 Å². The molecule has 0 fully saturated rings. The van der Waals surface area contributed by atoms with Gasteiger partial charge in [0.25, 0.3) is 5.91 Å². The number of carbonyl (C=O) groups is 1. The van der Waals surface area contributed by atoms with Gasteiger partial charge in [0, 0.05) is 12.1 Å². The zero-order chi connectivity index (χ0) is 13.8. The van der Waals surface area contributed by atoms with Gasteiger partial charge in [-0.25, -0.2) is 0 Å². The predicted molar refractivity (Wildman–Crippen MR) is 60.1 cm³/mol. The minimum absolute atomic E-state index is 0.161. The van der Waals surface area contributed by atoms with Crippen LogP contribution in [0.25, 0.3) is 0 Å². The van der Waals surface area contributed by atoms with Crippen LogP contribution in [0.4, 0.5) is 13.2 Å². The zero-order valence-corrected chi connectivity index (χ0v) is 9.79. The molecule has 0 aliphatic carbocycles. The van der Waals surface area contributed by atoms with Crippen molar-refractivity contribution in [1.82, 2.24) is 5.32 Å². The van der Waals surface area contributed by atoms with Crippen molar-refractivity contribution in [2.45, 2.75) is 25.6 Å². The number of aliphatic hydroxyl groups is 1. The van der Waals surface area contributed by atoms with E-state index in [4.69, 9.17) is 5.11 Å². The summed E-state index contributed by atoms with van der Waals surface area (Å²) < 4.78 is 36.9. The van der Waals surface area contributed by atoms with E-state index in [1.807, 2.05) is 0 Å². The van der Waals surface area contributed by atoms with Crippen molar-refractivity contribution in [1.29, 1.82) is 0 Å². The first-order chi connectivity index (χ1) is 8.30. The summed E-state index contributed by atoms with van der Waals surface area (Å²) in [6, 6.07) is 3.98. The first kappa shape index (κ1) is 14.5. The quantitative estimate of drug-likeness (QED) is 0.873. The molecule has 0 aliphatic heterocycles. The van der Waals surface area contributed by atoms with Crippen LogP contribution >= 0.6 is 0 Å². The van der Waals surface area contributed by atoms with Gasteiger partial charge in [0.1, 0.15) is 0 Å². The first-order valence-corrected chi connectivity index (χ1v) is 5.44. The normalized spacial score (nSPS) is 13.2. The Hall–Kier alpha value is -1.56. The van der Waals surface area contributed by atoms with Crippen molar-refractivity contribution < 1.29 is 23.1 Å². The van der Waals surface area contributed by atoms with E-state index in [-0.39, 0.29) is 12.1 Å². The van der Waals surface area contributed by atoms with Gasteiger partial charge in [-0.1, -0.05) is 0 Å². The van der Waals surface area contributed by atoms with Crippen LogP contribution in [0, 0.1) is 0 Å². The second kappa shape index (κ2) is 5.86. The monoisotopic (exact) mass is 261 g/mol. The predicted octanol–water partition coefficient (Wildman–Crippen LogP) is 2.21. The van der Waals surface area contributed by atoms with Gasteiger partial charge >= 0.3 is 6.18 Å². The highest BCUT2D eigenvalue weighted by Crippen LogP contribution is 2.28. The number of nitrogens with one attached hydrogen (secondary N) is 1. The second-order valence-corrected chi connectivity index (χ2v) is 3.97. The Bertz CT molecular complexity index is 399. The summed E-state index contributed by atoms with van der Waals surface area (Å²) in [6.07, 6.45) is -4.54. The highest BCUT2D eigenvalue weighted by atomic mass is 19.4. The lowest BCUT2D eigenvalue weighted by Crippen LogP contribution is -2.26. The van der Waals surface area contributed by atoms with Gasteiger partial charge in [-0.2, -0.15) is 13.2 Å². The van der Waals surface area contributed by atoms with Gasteiger partial charge in [0.05, 0.1) is 11.7 Å². The average molecular weight is 261 g/mol. The van der Waals surface area contributed by atoms with Crippen molar-refractivity contribution in [3.8, 4) is 0 Å². The molecule has 0 heterocycles. The molecule has 6 heteroatoms. The molecule has 0 aliphatic rings. The number of benzene rings is 1. The lowest BCUT2D eigenvalue weighted by atomic mass is 10.1. The van der Waals surface area contributed by atoms with Crippen molar-refractivity contribution in [3.05, 3.63) is 35.4 Å². The Labute approximate surface area is 103 Å². The van der Waals surface area contributed by atoms with Gasteiger partial charge in [-0.05, 0) is 37.6 Å². The molecule has 0 spiro atoms. The van der Waals surface area contributed by atoms with E-state index in [1.165, 1.54) is 0 Å². The van der Waals surface area contributed by atoms with Crippen LogP contribution in [0.2, 0.25) is 0 Å². The van der Waals surface area contributed by atoms with Crippen LogP contribution < -0.4 is 5.32 Å². The van der Waals surface area contributed by atoms with E-state index in [9.17, 15) is 18.0 Å². The highest BCUT2D eigenvalue weighted by molar-refractivity contribution is 5.94. The van der Waals surface area contributed by atoms with Gasteiger partial charge in [-0.3, -0.25) is 4.79 Å². The fourth-order valence-electron chi connectivity index (χ4n) is 1.31. The molecule has 1 unspecified atom stereocenters. The van der Waals surface area contributed by atoms with E-state index in [2.05, 4.69) is 5.32 Å². The average Bonchev–Trinajstić information content (AvgIpc) is 2.27. The van der Waals surface area contributed by atoms with E-state index in [1.54, 1.807) is 6.92 Å².